The summed E-state index contributed by atoms with van der Waals surface area (Å²) < 4.78 is 27.8. The summed E-state index contributed by atoms with van der Waals surface area (Å²) in [6.45, 7) is 2.43. The van der Waals surface area contributed by atoms with Crippen molar-refractivity contribution in [2.75, 3.05) is 0 Å². The van der Waals surface area contributed by atoms with Crippen molar-refractivity contribution in [2.45, 2.75) is 25.9 Å². The Hall–Kier alpha value is -1.46. The van der Waals surface area contributed by atoms with Gasteiger partial charge in [0.25, 0.3) is 0 Å². The fourth-order valence-electron chi connectivity index (χ4n) is 2.06. The summed E-state index contributed by atoms with van der Waals surface area (Å²) in [5.74, 6) is -0.854. The Morgan fingerprint density at radius 3 is 2.48 bits per heavy atom. The number of aromatic hydroxyl groups is 1. The largest absolute Gasteiger partial charge is 0.507 e. The molecular weight excluding hydrogens is 340 g/mol. The quantitative estimate of drug-likeness (QED) is 0.844. The summed E-state index contributed by atoms with van der Waals surface area (Å²) in [5.41, 5.74) is 1.07. The zero-order chi connectivity index (χ0) is 15.4. The topological polar surface area (TPSA) is 32.3 Å². The van der Waals surface area contributed by atoms with Crippen LogP contribution in [0.3, 0.4) is 0 Å². The number of benzene rings is 2. The Morgan fingerprint density at radius 2 is 1.86 bits per heavy atom. The van der Waals surface area contributed by atoms with E-state index in [9.17, 15) is 13.9 Å². The smallest absolute Gasteiger partial charge is 0.129 e. The summed E-state index contributed by atoms with van der Waals surface area (Å²) in [5, 5.41) is 12.6. The fourth-order valence-corrected chi connectivity index (χ4v) is 2.48. The number of halogens is 3. The molecule has 0 amide bonds. The van der Waals surface area contributed by atoms with Crippen LogP contribution in [-0.2, 0) is 13.0 Å². The molecule has 0 aliphatic heterocycles. The Labute approximate surface area is 130 Å². The molecule has 21 heavy (non-hydrogen) atoms. The van der Waals surface area contributed by atoms with Gasteiger partial charge in [0, 0.05) is 18.2 Å². The van der Waals surface area contributed by atoms with E-state index in [1.807, 2.05) is 6.92 Å². The molecule has 0 saturated carbocycles. The maximum atomic E-state index is 13.6. The molecule has 2 nitrogen and oxygen atoms in total. The van der Waals surface area contributed by atoms with Crippen molar-refractivity contribution in [1.29, 1.82) is 0 Å². The van der Waals surface area contributed by atoms with Crippen molar-refractivity contribution in [1.82, 2.24) is 5.32 Å². The molecule has 0 spiro atoms. The second-order valence-electron chi connectivity index (χ2n) is 4.97. The van der Waals surface area contributed by atoms with Crippen molar-refractivity contribution >= 4 is 15.9 Å². The van der Waals surface area contributed by atoms with Crippen LogP contribution >= 0.6 is 15.9 Å². The van der Waals surface area contributed by atoms with Crippen molar-refractivity contribution in [3.8, 4) is 5.75 Å². The summed E-state index contributed by atoms with van der Waals surface area (Å²) in [7, 11) is 0. The minimum Gasteiger partial charge on any atom is -0.507 e. The van der Waals surface area contributed by atoms with Gasteiger partial charge in [0.15, 0.2) is 0 Å². The lowest BCUT2D eigenvalue weighted by molar-refractivity contribution is 0.470. The molecule has 0 fully saturated rings. The van der Waals surface area contributed by atoms with E-state index in [-0.39, 0.29) is 23.8 Å². The molecule has 2 aromatic carbocycles. The molecule has 5 heteroatoms. The highest BCUT2D eigenvalue weighted by molar-refractivity contribution is 9.10. The number of phenols is 1. The molecule has 0 saturated heterocycles. The minimum atomic E-state index is -0.518. The van der Waals surface area contributed by atoms with Gasteiger partial charge in [-0.3, -0.25) is 0 Å². The Bertz CT molecular complexity index is 613. The van der Waals surface area contributed by atoms with Gasteiger partial charge in [0.2, 0.25) is 0 Å². The lowest BCUT2D eigenvalue weighted by atomic mass is 10.1. The number of hydrogen-bond acceptors (Lipinski definition) is 2. The first-order valence-corrected chi connectivity index (χ1v) is 7.40. The molecule has 0 radical (unpaired) electrons. The van der Waals surface area contributed by atoms with Crippen LogP contribution in [0.25, 0.3) is 0 Å². The number of rotatable bonds is 5. The second-order valence-corrected chi connectivity index (χ2v) is 5.83. The van der Waals surface area contributed by atoms with Gasteiger partial charge in [-0.15, -0.1) is 0 Å². The van der Waals surface area contributed by atoms with E-state index in [0.717, 1.165) is 5.56 Å². The van der Waals surface area contributed by atoms with Crippen molar-refractivity contribution in [3.63, 3.8) is 0 Å². The average Bonchev–Trinajstić information content (AvgIpc) is 2.44. The highest BCUT2D eigenvalue weighted by Gasteiger charge is 2.12. The highest BCUT2D eigenvalue weighted by atomic mass is 79.9. The van der Waals surface area contributed by atoms with E-state index in [2.05, 4.69) is 21.2 Å². The molecule has 1 atom stereocenters. The van der Waals surface area contributed by atoms with Crippen LogP contribution in [0.15, 0.2) is 40.9 Å². The van der Waals surface area contributed by atoms with E-state index in [4.69, 9.17) is 0 Å². The highest BCUT2D eigenvalue weighted by Crippen LogP contribution is 2.24. The third-order valence-corrected chi connectivity index (χ3v) is 3.87. The third-order valence-electron chi connectivity index (χ3n) is 3.24. The zero-order valence-corrected chi connectivity index (χ0v) is 13.1. The molecule has 0 aromatic heterocycles. The summed E-state index contributed by atoms with van der Waals surface area (Å²) in [4.78, 5) is 0. The van der Waals surface area contributed by atoms with Gasteiger partial charge in [0.1, 0.15) is 17.4 Å². The molecule has 2 rings (SSSR count). The number of nitrogens with one attached hydrogen (secondary N) is 1. The van der Waals surface area contributed by atoms with Crippen LogP contribution < -0.4 is 5.32 Å². The lowest BCUT2D eigenvalue weighted by Crippen LogP contribution is -2.28. The summed E-state index contributed by atoms with van der Waals surface area (Å²) in [6, 6.07) is 9.01. The maximum absolute atomic E-state index is 13.6. The number of hydrogen-bond donors (Lipinski definition) is 2. The first-order chi connectivity index (χ1) is 9.97. The van der Waals surface area contributed by atoms with Crippen LogP contribution in [0, 0.1) is 11.6 Å². The van der Waals surface area contributed by atoms with Gasteiger partial charge in [-0.25, -0.2) is 8.78 Å². The Morgan fingerprint density at radius 1 is 1.19 bits per heavy atom. The molecule has 0 aliphatic rings. The monoisotopic (exact) mass is 355 g/mol. The average molecular weight is 356 g/mol. The van der Waals surface area contributed by atoms with E-state index in [0.29, 0.717) is 11.0 Å². The normalized spacial score (nSPS) is 12.4. The molecular formula is C16H16BrF2NO. The molecule has 0 heterocycles. The van der Waals surface area contributed by atoms with Crippen LogP contribution in [0.5, 0.6) is 5.75 Å². The van der Waals surface area contributed by atoms with E-state index < -0.39 is 11.6 Å². The second kappa shape index (κ2) is 7.00. The van der Waals surface area contributed by atoms with Crippen molar-refractivity contribution < 1.29 is 13.9 Å². The van der Waals surface area contributed by atoms with Gasteiger partial charge in [-0.05, 0) is 59.1 Å². The lowest BCUT2D eigenvalue weighted by Gasteiger charge is -2.15. The third kappa shape index (κ3) is 4.25. The fraction of sp³-hybridized carbons (Fsp3) is 0.250. The molecule has 1 unspecified atom stereocenters. The Kier molecular flexibility index (Phi) is 5.31. The molecule has 112 valence electrons. The molecule has 2 N–H and O–H groups in total. The van der Waals surface area contributed by atoms with E-state index in [1.165, 1.54) is 18.2 Å². The molecule has 0 aliphatic carbocycles. The number of phenolic OH excluding ortho intramolecular Hbond substituents is 1. The van der Waals surface area contributed by atoms with Crippen molar-refractivity contribution in [2.24, 2.45) is 0 Å². The summed E-state index contributed by atoms with van der Waals surface area (Å²) >= 11 is 3.25. The maximum Gasteiger partial charge on any atom is 0.129 e. The van der Waals surface area contributed by atoms with Crippen LogP contribution in [0.4, 0.5) is 8.78 Å². The predicted octanol–water partition coefficient (Wildman–Crippen LogP) is 4.15. The van der Waals surface area contributed by atoms with Gasteiger partial charge in [0.05, 0.1) is 4.47 Å². The van der Waals surface area contributed by atoms with Crippen LogP contribution in [0.2, 0.25) is 0 Å². The van der Waals surface area contributed by atoms with Gasteiger partial charge in [-0.2, -0.15) is 0 Å². The molecule has 2 aromatic rings. The SMILES string of the molecule is CC(Cc1c(F)cccc1F)NCc1ccc(O)c(Br)c1. The molecule has 0 bridgehead atoms. The van der Waals surface area contributed by atoms with Gasteiger partial charge >= 0.3 is 0 Å². The van der Waals surface area contributed by atoms with Gasteiger partial charge in [-0.1, -0.05) is 12.1 Å². The summed E-state index contributed by atoms with van der Waals surface area (Å²) in [6.07, 6.45) is 0.276. The van der Waals surface area contributed by atoms with E-state index >= 15 is 0 Å². The zero-order valence-electron chi connectivity index (χ0n) is 11.5. The Balaban J connectivity index is 1.96. The first kappa shape index (κ1) is 15.9. The minimum absolute atomic E-state index is 0.0796. The van der Waals surface area contributed by atoms with Gasteiger partial charge < -0.3 is 10.4 Å². The standard InChI is InChI=1S/C16H16BrF2NO/c1-10(7-12-14(18)3-2-4-15(12)19)20-9-11-5-6-16(21)13(17)8-11/h2-6,8,10,20-21H,7,9H2,1H3. The van der Waals surface area contributed by atoms with Crippen LogP contribution in [-0.4, -0.2) is 11.1 Å². The first-order valence-electron chi connectivity index (χ1n) is 6.61. The van der Waals surface area contributed by atoms with Crippen LogP contribution in [0.1, 0.15) is 18.1 Å². The van der Waals surface area contributed by atoms with E-state index in [1.54, 1.807) is 18.2 Å². The van der Waals surface area contributed by atoms with Crippen molar-refractivity contribution in [3.05, 3.63) is 63.6 Å². The predicted molar refractivity (Wildman–Crippen MR) is 82.2 cm³/mol.